The zero-order chi connectivity index (χ0) is 24.2. The minimum Gasteiger partial charge on any atom is -0.478 e. The Morgan fingerprint density at radius 3 is 2.50 bits per heavy atom. The molecule has 0 atom stereocenters. The van der Waals surface area contributed by atoms with Crippen molar-refractivity contribution in [2.24, 2.45) is 0 Å². The number of carboxylic acid groups (broad SMARTS) is 1. The number of hydrogen-bond donors (Lipinski definition) is 2. The molecule has 1 aromatic heterocycles. The van der Waals surface area contributed by atoms with Gasteiger partial charge in [0.15, 0.2) is 0 Å². The van der Waals surface area contributed by atoms with Crippen molar-refractivity contribution < 1.29 is 24.2 Å². The summed E-state index contributed by atoms with van der Waals surface area (Å²) < 4.78 is 5.05. The third kappa shape index (κ3) is 4.93. The van der Waals surface area contributed by atoms with Gasteiger partial charge in [-0.3, -0.25) is 4.79 Å². The highest BCUT2D eigenvalue weighted by atomic mass is 16.6. The van der Waals surface area contributed by atoms with Gasteiger partial charge in [0.25, 0.3) is 5.91 Å². The molecule has 176 valence electrons. The van der Waals surface area contributed by atoms with Crippen LogP contribution < -0.4 is 10.2 Å². The van der Waals surface area contributed by atoms with Crippen LogP contribution in [0, 0.1) is 6.92 Å². The van der Waals surface area contributed by atoms with Gasteiger partial charge in [0.05, 0.1) is 17.7 Å². The molecule has 0 bridgehead atoms. The third-order valence-corrected chi connectivity index (χ3v) is 5.69. The summed E-state index contributed by atoms with van der Waals surface area (Å²) in [6.07, 6.45) is -0.347. The number of carbonyl (C=O) groups excluding carboxylic acids is 2. The number of aromatic carboxylic acids is 1. The number of hydrogen-bond acceptors (Lipinski definition) is 6. The summed E-state index contributed by atoms with van der Waals surface area (Å²) in [5.74, 6) is -0.824. The Morgan fingerprint density at radius 2 is 1.82 bits per heavy atom. The lowest BCUT2D eigenvalue weighted by Crippen LogP contribution is -2.49. The maximum Gasteiger partial charge on any atom is 0.409 e. The van der Waals surface area contributed by atoms with Gasteiger partial charge in [0, 0.05) is 42.8 Å². The second kappa shape index (κ2) is 9.78. The number of nitrogens with zero attached hydrogens (tertiary/aromatic N) is 3. The zero-order valence-electron chi connectivity index (χ0n) is 19.1. The van der Waals surface area contributed by atoms with Crippen LogP contribution in [0.5, 0.6) is 0 Å². The molecule has 9 heteroatoms. The van der Waals surface area contributed by atoms with Crippen LogP contribution in [0.1, 0.15) is 33.2 Å². The molecule has 1 aliphatic heterocycles. The number of carbonyl (C=O) groups is 3. The van der Waals surface area contributed by atoms with E-state index in [2.05, 4.69) is 10.3 Å². The van der Waals surface area contributed by atoms with E-state index in [-0.39, 0.29) is 17.6 Å². The van der Waals surface area contributed by atoms with Crippen LogP contribution in [0.25, 0.3) is 10.9 Å². The van der Waals surface area contributed by atoms with Gasteiger partial charge >= 0.3 is 12.1 Å². The van der Waals surface area contributed by atoms with Crippen molar-refractivity contribution in [1.29, 1.82) is 0 Å². The number of rotatable bonds is 5. The second-order valence-electron chi connectivity index (χ2n) is 8.06. The summed E-state index contributed by atoms with van der Waals surface area (Å²) in [6.45, 7) is 5.95. The first-order chi connectivity index (χ1) is 16.4. The van der Waals surface area contributed by atoms with E-state index < -0.39 is 5.97 Å². The molecule has 2 N–H and O–H groups in total. The summed E-state index contributed by atoms with van der Waals surface area (Å²) in [6, 6.07) is 13.8. The zero-order valence-corrected chi connectivity index (χ0v) is 19.1. The van der Waals surface area contributed by atoms with Gasteiger partial charge in [0.2, 0.25) is 0 Å². The molecule has 2 aromatic carbocycles. The number of anilines is 2. The number of ether oxygens (including phenoxy) is 1. The molecule has 34 heavy (non-hydrogen) atoms. The first-order valence-electron chi connectivity index (χ1n) is 11.1. The highest BCUT2D eigenvalue weighted by Crippen LogP contribution is 2.27. The molecule has 1 aliphatic rings. The normalized spacial score (nSPS) is 13.6. The molecule has 4 rings (SSSR count). The van der Waals surface area contributed by atoms with Gasteiger partial charge in [-0.25, -0.2) is 14.6 Å². The number of fused-ring (bicyclic) bond motifs is 1. The van der Waals surface area contributed by atoms with Crippen LogP contribution in [0.2, 0.25) is 0 Å². The number of carboxylic acids is 1. The summed E-state index contributed by atoms with van der Waals surface area (Å²) in [5.41, 5.74) is 2.59. The minimum absolute atomic E-state index is 0.0967. The molecule has 1 fully saturated rings. The van der Waals surface area contributed by atoms with Crippen LogP contribution in [-0.2, 0) is 4.74 Å². The Bertz CT molecular complexity index is 1250. The smallest absolute Gasteiger partial charge is 0.409 e. The van der Waals surface area contributed by atoms with Crippen LogP contribution >= 0.6 is 0 Å². The molecule has 0 spiro atoms. The number of pyridine rings is 1. The summed E-state index contributed by atoms with van der Waals surface area (Å²) in [7, 11) is 0. The van der Waals surface area contributed by atoms with Crippen molar-refractivity contribution in [2.75, 3.05) is 43.0 Å². The molecule has 3 aromatic rings. The monoisotopic (exact) mass is 462 g/mol. The van der Waals surface area contributed by atoms with Gasteiger partial charge in [-0.05, 0) is 50.2 Å². The number of piperazine rings is 1. The van der Waals surface area contributed by atoms with E-state index in [1.54, 1.807) is 42.2 Å². The number of aryl methyl sites for hydroxylation is 1. The highest BCUT2D eigenvalue weighted by Gasteiger charge is 2.24. The average molecular weight is 463 g/mol. The Kier molecular flexibility index (Phi) is 6.62. The van der Waals surface area contributed by atoms with Crippen LogP contribution in [0.4, 0.5) is 16.3 Å². The lowest BCUT2D eigenvalue weighted by atomic mass is 10.1. The van der Waals surface area contributed by atoms with Gasteiger partial charge in [-0.1, -0.05) is 17.7 Å². The lowest BCUT2D eigenvalue weighted by molar-refractivity contribution is 0.0698. The molecule has 0 aliphatic carbocycles. The first kappa shape index (κ1) is 23.0. The molecule has 9 nitrogen and oxygen atoms in total. The van der Waals surface area contributed by atoms with Gasteiger partial charge < -0.3 is 25.0 Å². The van der Waals surface area contributed by atoms with E-state index in [4.69, 9.17) is 4.74 Å². The predicted octanol–water partition coefficient (Wildman–Crippen LogP) is 3.77. The summed E-state index contributed by atoms with van der Waals surface area (Å²) in [5, 5.41) is 13.1. The number of amides is 2. The predicted molar refractivity (Wildman–Crippen MR) is 129 cm³/mol. The minimum atomic E-state index is -1.08. The molecular formula is C25H26N4O5. The van der Waals surface area contributed by atoms with E-state index in [1.807, 2.05) is 24.0 Å². The van der Waals surface area contributed by atoms with E-state index >= 15 is 0 Å². The van der Waals surface area contributed by atoms with E-state index in [0.29, 0.717) is 60.8 Å². The van der Waals surface area contributed by atoms with Crippen LogP contribution in [0.3, 0.4) is 0 Å². The lowest BCUT2D eigenvalue weighted by Gasteiger charge is -2.35. The highest BCUT2D eigenvalue weighted by molar-refractivity contribution is 6.08. The first-order valence-corrected chi connectivity index (χ1v) is 11.1. The average Bonchev–Trinajstić information content (AvgIpc) is 2.83. The maximum atomic E-state index is 12.6. The Morgan fingerprint density at radius 1 is 1.06 bits per heavy atom. The number of nitrogens with one attached hydrogen (secondary N) is 1. The number of aromatic nitrogens is 1. The molecular weight excluding hydrogens is 436 g/mol. The van der Waals surface area contributed by atoms with Gasteiger partial charge in [0.1, 0.15) is 5.82 Å². The van der Waals surface area contributed by atoms with Crippen molar-refractivity contribution in [2.45, 2.75) is 13.8 Å². The fourth-order valence-electron chi connectivity index (χ4n) is 3.95. The molecule has 0 radical (unpaired) electrons. The molecule has 2 amide bonds. The molecule has 1 saturated heterocycles. The van der Waals surface area contributed by atoms with Gasteiger partial charge in [-0.2, -0.15) is 0 Å². The van der Waals surface area contributed by atoms with Crippen LogP contribution in [0.15, 0.2) is 48.5 Å². The fraction of sp³-hybridized carbons (Fsp3) is 0.280. The largest absolute Gasteiger partial charge is 0.478 e. The standard InChI is InChI=1S/C25H26N4O5/c1-3-34-25(33)29-11-9-28(10-12-29)22-15-20(24(31)32)19-14-18(7-8-21(19)27-22)26-23(30)17-6-4-5-16(2)13-17/h4-8,13-15H,3,9-12H2,1-2H3,(H,26,30)(H,31,32). The van der Waals surface area contributed by atoms with Crippen molar-refractivity contribution in [3.8, 4) is 0 Å². The van der Waals surface area contributed by atoms with E-state index in [0.717, 1.165) is 5.56 Å². The number of benzene rings is 2. The van der Waals surface area contributed by atoms with Crippen molar-refractivity contribution in [1.82, 2.24) is 9.88 Å². The second-order valence-corrected chi connectivity index (χ2v) is 8.06. The van der Waals surface area contributed by atoms with Crippen molar-refractivity contribution in [3.05, 3.63) is 65.2 Å². The van der Waals surface area contributed by atoms with Gasteiger partial charge in [-0.15, -0.1) is 0 Å². The van der Waals surface area contributed by atoms with Crippen LogP contribution in [-0.4, -0.2) is 65.7 Å². The third-order valence-electron chi connectivity index (χ3n) is 5.69. The Balaban J connectivity index is 1.57. The van der Waals surface area contributed by atoms with E-state index in [9.17, 15) is 19.5 Å². The maximum absolute atomic E-state index is 12.6. The molecule has 0 saturated carbocycles. The Hall–Kier alpha value is -4.14. The molecule has 0 unspecified atom stereocenters. The fourth-order valence-corrected chi connectivity index (χ4v) is 3.95. The van der Waals surface area contributed by atoms with E-state index in [1.165, 1.54) is 6.07 Å². The topological polar surface area (TPSA) is 112 Å². The van der Waals surface area contributed by atoms with Crippen molar-refractivity contribution >= 4 is 40.4 Å². The van der Waals surface area contributed by atoms with Crippen molar-refractivity contribution in [3.63, 3.8) is 0 Å². The Labute approximate surface area is 196 Å². The summed E-state index contributed by atoms with van der Waals surface area (Å²) in [4.78, 5) is 44.8. The quantitative estimate of drug-likeness (QED) is 0.594. The molecule has 2 heterocycles. The summed E-state index contributed by atoms with van der Waals surface area (Å²) >= 11 is 0. The SMILES string of the molecule is CCOC(=O)N1CCN(c2cc(C(=O)O)c3cc(NC(=O)c4cccc(C)c4)ccc3n2)CC1.